The number of nitrogens with one attached hydrogen (secondary N) is 1. The zero-order valence-electron chi connectivity index (χ0n) is 9.62. The Morgan fingerprint density at radius 1 is 1.44 bits per heavy atom. The van der Waals surface area contributed by atoms with Crippen LogP contribution in [0.3, 0.4) is 0 Å². The molecule has 0 radical (unpaired) electrons. The minimum atomic E-state index is -0.208. The molecular weight excluding hydrogens is 206 g/mol. The number of hydrogen-bond donors (Lipinski definition) is 2. The SMILES string of the molecule is Cc1ccc(NC(=O)COCCO)c(C)c1. The first-order chi connectivity index (χ1) is 7.63. The standard InChI is InChI=1S/C12H17NO3/c1-9-3-4-11(10(2)7-9)13-12(15)8-16-6-5-14/h3-4,7,14H,5-6,8H2,1-2H3,(H,13,15). The number of ether oxygens (including phenoxy) is 1. The molecule has 0 aliphatic rings. The molecule has 0 spiro atoms. The fourth-order valence-electron chi connectivity index (χ4n) is 1.37. The maximum Gasteiger partial charge on any atom is 0.250 e. The zero-order chi connectivity index (χ0) is 12.0. The van der Waals surface area contributed by atoms with E-state index in [4.69, 9.17) is 9.84 Å². The Kier molecular flexibility index (Phi) is 4.95. The number of benzene rings is 1. The van der Waals surface area contributed by atoms with Crippen LogP contribution in [0.15, 0.2) is 18.2 Å². The summed E-state index contributed by atoms with van der Waals surface area (Å²) in [5, 5.41) is 11.2. The van der Waals surface area contributed by atoms with Gasteiger partial charge in [0.1, 0.15) is 6.61 Å². The van der Waals surface area contributed by atoms with Gasteiger partial charge in [-0.1, -0.05) is 17.7 Å². The summed E-state index contributed by atoms with van der Waals surface area (Å²) in [4.78, 5) is 11.4. The van der Waals surface area contributed by atoms with Gasteiger partial charge in [-0.3, -0.25) is 4.79 Å². The Labute approximate surface area is 95.2 Å². The lowest BCUT2D eigenvalue weighted by Gasteiger charge is -2.09. The molecule has 0 aliphatic heterocycles. The fraction of sp³-hybridized carbons (Fsp3) is 0.417. The van der Waals surface area contributed by atoms with Crippen molar-refractivity contribution in [3.8, 4) is 0 Å². The number of anilines is 1. The minimum absolute atomic E-state index is 0.0339. The van der Waals surface area contributed by atoms with Gasteiger partial charge >= 0.3 is 0 Å². The third-order valence-corrected chi connectivity index (χ3v) is 2.12. The van der Waals surface area contributed by atoms with Crippen LogP contribution in [0.25, 0.3) is 0 Å². The van der Waals surface area contributed by atoms with Crippen LogP contribution in [0.2, 0.25) is 0 Å². The lowest BCUT2D eigenvalue weighted by molar-refractivity contribution is -0.120. The molecule has 0 aromatic heterocycles. The predicted molar refractivity (Wildman–Crippen MR) is 62.5 cm³/mol. The maximum atomic E-state index is 11.4. The summed E-state index contributed by atoms with van der Waals surface area (Å²) in [6.45, 7) is 4.02. The Morgan fingerprint density at radius 2 is 2.19 bits per heavy atom. The van der Waals surface area contributed by atoms with Crippen LogP contribution < -0.4 is 5.32 Å². The lowest BCUT2D eigenvalue weighted by atomic mass is 10.1. The topological polar surface area (TPSA) is 58.6 Å². The van der Waals surface area contributed by atoms with Gasteiger partial charge in [-0.2, -0.15) is 0 Å². The molecule has 4 heteroatoms. The summed E-state index contributed by atoms with van der Waals surface area (Å²) < 4.78 is 4.92. The first-order valence-electron chi connectivity index (χ1n) is 5.19. The maximum absolute atomic E-state index is 11.4. The molecule has 2 N–H and O–H groups in total. The third kappa shape index (κ3) is 4.00. The normalized spacial score (nSPS) is 10.2. The summed E-state index contributed by atoms with van der Waals surface area (Å²) >= 11 is 0. The number of aliphatic hydroxyl groups excluding tert-OH is 1. The highest BCUT2D eigenvalue weighted by molar-refractivity contribution is 5.92. The molecule has 0 aliphatic carbocycles. The van der Waals surface area contributed by atoms with Crippen molar-refractivity contribution in [1.29, 1.82) is 0 Å². The minimum Gasteiger partial charge on any atom is -0.394 e. The van der Waals surface area contributed by atoms with E-state index < -0.39 is 0 Å². The van der Waals surface area contributed by atoms with E-state index in [1.54, 1.807) is 0 Å². The van der Waals surface area contributed by atoms with Crippen molar-refractivity contribution in [3.63, 3.8) is 0 Å². The fourth-order valence-corrected chi connectivity index (χ4v) is 1.37. The monoisotopic (exact) mass is 223 g/mol. The molecule has 1 aromatic carbocycles. The number of aliphatic hydroxyl groups is 1. The number of aryl methyl sites for hydroxylation is 2. The van der Waals surface area contributed by atoms with Crippen molar-refractivity contribution in [3.05, 3.63) is 29.3 Å². The van der Waals surface area contributed by atoms with Gasteiger partial charge in [-0.25, -0.2) is 0 Å². The lowest BCUT2D eigenvalue weighted by Crippen LogP contribution is -2.19. The summed E-state index contributed by atoms with van der Waals surface area (Å²) in [5.74, 6) is -0.208. The Balaban J connectivity index is 2.49. The van der Waals surface area contributed by atoms with Crippen molar-refractivity contribution < 1.29 is 14.6 Å². The highest BCUT2D eigenvalue weighted by Crippen LogP contribution is 2.15. The van der Waals surface area contributed by atoms with E-state index in [-0.39, 0.29) is 25.7 Å². The third-order valence-electron chi connectivity index (χ3n) is 2.12. The average molecular weight is 223 g/mol. The van der Waals surface area contributed by atoms with Crippen molar-refractivity contribution in [2.24, 2.45) is 0 Å². The van der Waals surface area contributed by atoms with E-state index in [1.807, 2.05) is 32.0 Å². The highest BCUT2D eigenvalue weighted by atomic mass is 16.5. The van der Waals surface area contributed by atoms with Crippen LogP contribution in [0.5, 0.6) is 0 Å². The second kappa shape index (κ2) is 6.25. The Bertz CT molecular complexity index is 363. The molecule has 1 rings (SSSR count). The van der Waals surface area contributed by atoms with Gasteiger partial charge in [0.05, 0.1) is 13.2 Å². The molecule has 1 aromatic rings. The van der Waals surface area contributed by atoms with Gasteiger partial charge in [0, 0.05) is 5.69 Å². The van der Waals surface area contributed by atoms with Gasteiger partial charge in [0.2, 0.25) is 5.91 Å². The molecule has 0 saturated carbocycles. The molecule has 4 nitrogen and oxygen atoms in total. The van der Waals surface area contributed by atoms with Crippen LogP contribution in [0, 0.1) is 13.8 Å². The van der Waals surface area contributed by atoms with Gasteiger partial charge in [-0.15, -0.1) is 0 Å². The molecule has 88 valence electrons. The van der Waals surface area contributed by atoms with Crippen LogP contribution >= 0.6 is 0 Å². The van der Waals surface area contributed by atoms with Crippen molar-refractivity contribution in [2.45, 2.75) is 13.8 Å². The van der Waals surface area contributed by atoms with Crippen LogP contribution in [0.4, 0.5) is 5.69 Å². The predicted octanol–water partition coefficient (Wildman–Crippen LogP) is 1.25. The molecule has 0 fully saturated rings. The largest absolute Gasteiger partial charge is 0.394 e. The Hall–Kier alpha value is -1.39. The smallest absolute Gasteiger partial charge is 0.250 e. The van der Waals surface area contributed by atoms with Gasteiger partial charge in [0.25, 0.3) is 0 Å². The Morgan fingerprint density at radius 3 is 2.81 bits per heavy atom. The zero-order valence-corrected chi connectivity index (χ0v) is 9.62. The average Bonchev–Trinajstić information content (AvgIpc) is 2.23. The number of carbonyl (C=O) groups is 1. The second-order valence-corrected chi connectivity index (χ2v) is 3.64. The van der Waals surface area contributed by atoms with Crippen LogP contribution in [0.1, 0.15) is 11.1 Å². The van der Waals surface area contributed by atoms with Crippen LogP contribution in [-0.4, -0.2) is 30.8 Å². The van der Waals surface area contributed by atoms with Gasteiger partial charge in [-0.05, 0) is 25.5 Å². The summed E-state index contributed by atoms with van der Waals surface area (Å²) in [7, 11) is 0. The first-order valence-corrected chi connectivity index (χ1v) is 5.19. The number of carbonyl (C=O) groups excluding carboxylic acids is 1. The molecule has 0 unspecified atom stereocenters. The van der Waals surface area contributed by atoms with Gasteiger partial charge in [0.15, 0.2) is 0 Å². The van der Waals surface area contributed by atoms with E-state index in [2.05, 4.69) is 5.32 Å². The van der Waals surface area contributed by atoms with E-state index in [9.17, 15) is 4.79 Å². The molecule has 0 bridgehead atoms. The molecule has 0 atom stereocenters. The molecular formula is C12H17NO3. The molecule has 1 amide bonds. The summed E-state index contributed by atoms with van der Waals surface area (Å²) in [6, 6.07) is 5.82. The van der Waals surface area contributed by atoms with E-state index >= 15 is 0 Å². The van der Waals surface area contributed by atoms with E-state index in [0.29, 0.717) is 0 Å². The molecule has 16 heavy (non-hydrogen) atoms. The van der Waals surface area contributed by atoms with E-state index in [0.717, 1.165) is 16.8 Å². The van der Waals surface area contributed by atoms with E-state index in [1.165, 1.54) is 0 Å². The number of hydrogen-bond acceptors (Lipinski definition) is 3. The van der Waals surface area contributed by atoms with Crippen LogP contribution in [-0.2, 0) is 9.53 Å². The van der Waals surface area contributed by atoms with Crippen molar-refractivity contribution in [2.75, 3.05) is 25.1 Å². The highest BCUT2D eigenvalue weighted by Gasteiger charge is 2.04. The number of amides is 1. The van der Waals surface area contributed by atoms with Crippen molar-refractivity contribution >= 4 is 11.6 Å². The second-order valence-electron chi connectivity index (χ2n) is 3.64. The molecule has 0 heterocycles. The summed E-state index contributed by atoms with van der Waals surface area (Å²) in [5.41, 5.74) is 2.98. The molecule has 0 saturated heterocycles. The summed E-state index contributed by atoms with van der Waals surface area (Å²) in [6.07, 6.45) is 0. The van der Waals surface area contributed by atoms with Crippen molar-refractivity contribution in [1.82, 2.24) is 0 Å². The first kappa shape index (κ1) is 12.7. The quantitative estimate of drug-likeness (QED) is 0.739. The van der Waals surface area contributed by atoms with Gasteiger partial charge < -0.3 is 15.2 Å². The number of rotatable bonds is 5.